The first-order valence-electron chi connectivity index (χ1n) is 4.52. The van der Waals surface area contributed by atoms with Crippen LogP contribution in [0.25, 0.3) is 0 Å². The standard InChI is InChI=1S/C9H17NO3/c1-3-4-10-8(11)5-7(2)6-9(12)13/h7H,3-6H2,1-2H3,(H,10,11)(H,12,13)/p-1/t7-/m1/s1. The van der Waals surface area contributed by atoms with Crippen molar-refractivity contribution in [2.75, 3.05) is 6.54 Å². The van der Waals surface area contributed by atoms with E-state index < -0.39 is 5.97 Å². The third kappa shape index (κ3) is 7.31. The van der Waals surface area contributed by atoms with Crippen LogP contribution in [0.5, 0.6) is 0 Å². The van der Waals surface area contributed by atoms with Crippen LogP contribution in [0.2, 0.25) is 0 Å². The van der Waals surface area contributed by atoms with Crippen molar-refractivity contribution in [1.29, 1.82) is 0 Å². The predicted molar refractivity (Wildman–Crippen MR) is 46.7 cm³/mol. The average molecular weight is 186 g/mol. The lowest BCUT2D eigenvalue weighted by molar-refractivity contribution is -0.306. The summed E-state index contributed by atoms with van der Waals surface area (Å²) < 4.78 is 0. The summed E-state index contributed by atoms with van der Waals surface area (Å²) in [6.07, 6.45) is 1.09. The molecule has 0 fully saturated rings. The molecule has 0 aromatic heterocycles. The molecule has 4 nitrogen and oxygen atoms in total. The number of amides is 1. The highest BCUT2D eigenvalue weighted by molar-refractivity contribution is 5.76. The molecule has 0 aliphatic carbocycles. The van der Waals surface area contributed by atoms with E-state index in [0.717, 1.165) is 6.42 Å². The molecule has 0 bridgehead atoms. The summed E-state index contributed by atoms with van der Waals surface area (Å²) >= 11 is 0. The summed E-state index contributed by atoms with van der Waals surface area (Å²) in [7, 11) is 0. The van der Waals surface area contributed by atoms with Gasteiger partial charge in [0.15, 0.2) is 0 Å². The molecule has 0 aliphatic rings. The van der Waals surface area contributed by atoms with Gasteiger partial charge in [-0.05, 0) is 18.8 Å². The highest BCUT2D eigenvalue weighted by Gasteiger charge is 2.08. The van der Waals surface area contributed by atoms with Crippen LogP contribution in [-0.2, 0) is 9.59 Å². The topological polar surface area (TPSA) is 69.2 Å². The summed E-state index contributed by atoms with van der Waals surface area (Å²) in [6, 6.07) is 0. The minimum atomic E-state index is -1.10. The van der Waals surface area contributed by atoms with Crippen molar-refractivity contribution in [3.05, 3.63) is 0 Å². The Labute approximate surface area is 78.3 Å². The zero-order chi connectivity index (χ0) is 10.3. The number of hydrogen-bond donors (Lipinski definition) is 1. The van der Waals surface area contributed by atoms with Crippen LogP contribution < -0.4 is 10.4 Å². The van der Waals surface area contributed by atoms with Gasteiger partial charge in [0.2, 0.25) is 5.91 Å². The Morgan fingerprint density at radius 3 is 2.46 bits per heavy atom. The van der Waals surface area contributed by atoms with E-state index in [-0.39, 0.29) is 24.7 Å². The van der Waals surface area contributed by atoms with Crippen molar-refractivity contribution >= 4 is 11.9 Å². The third-order valence-electron chi connectivity index (χ3n) is 1.62. The Hall–Kier alpha value is -1.06. The largest absolute Gasteiger partial charge is 0.550 e. The Kier molecular flexibility index (Phi) is 5.93. The van der Waals surface area contributed by atoms with E-state index in [1.807, 2.05) is 6.92 Å². The fourth-order valence-corrected chi connectivity index (χ4v) is 1.01. The maximum absolute atomic E-state index is 11.1. The van der Waals surface area contributed by atoms with E-state index in [9.17, 15) is 14.7 Å². The summed E-state index contributed by atoms with van der Waals surface area (Å²) in [5.41, 5.74) is 0. The second kappa shape index (κ2) is 6.46. The summed E-state index contributed by atoms with van der Waals surface area (Å²) in [5, 5.41) is 12.8. The van der Waals surface area contributed by atoms with E-state index in [0.29, 0.717) is 6.54 Å². The number of carboxylic acids is 1. The first-order valence-corrected chi connectivity index (χ1v) is 4.52. The summed E-state index contributed by atoms with van der Waals surface area (Å²) in [6.45, 7) is 4.34. The van der Waals surface area contributed by atoms with Gasteiger partial charge in [-0.2, -0.15) is 0 Å². The molecular formula is C9H16NO3-. The van der Waals surface area contributed by atoms with Crippen LogP contribution in [0.3, 0.4) is 0 Å². The van der Waals surface area contributed by atoms with E-state index in [1.165, 1.54) is 0 Å². The number of rotatable bonds is 6. The molecule has 0 aliphatic heterocycles. The zero-order valence-corrected chi connectivity index (χ0v) is 8.13. The number of hydrogen-bond acceptors (Lipinski definition) is 3. The van der Waals surface area contributed by atoms with Crippen molar-refractivity contribution in [3.63, 3.8) is 0 Å². The van der Waals surface area contributed by atoms with Gasteiger partial charge < -0.3 is 15.2 Å². The smallest absolute Gasteiger partial charge is 0.220 e. The fourth-order valence-electron chi connectivity index (χ4n) is 1.01. The van der Waals surface area contributed by atoms with E-state index in [2.05, 4.69) is 5.32 Å². The lowest BCUT2D eigenvalue weighted by Gasteiger charge is -2.11. The highest BCUT2D eigenvalue weighted by atomic mass is 16.4. The number of carbonyl (C=O) groups is 2. The van der Waals surface area contributed by atoms with Crippen molar-refractivity contribution < 1.29 is 14.7 Å². The highest BCUT2D eigenvalue weighted by Crippen LogP contribution is 2.05. The second-order valence-corrected chi connectivity index (χ2v) is 3.24. The first-order chi connectivity index (χ1) is 6.06. The molecule has 13 heavy (non-hydrogen) atoms. The minimum Gasteiger partial charge on any atom is -0.550 e. The number of aliphatic carboxylic acids is 1. The Morgan fingerprint density at radius 2 is 2.00 bits per heavy atom. The van der Waals surface area contributed by atoms with Gasteiger partial charge in [0.25, 0.3) is 0 Å². The quantitative estimate of drug-likeness (QED) is 0.618. The molecule has 1 atom stereocenters. The number of carbonyl (C=O) groups excluding carboxylic acids is 2. The molecule has 0 aromatic carbocycles. The average Bonchev–Trinajstić information content (AvgIpc) is 1.98. The Balaban J connectivity index is 3.59. The van der Waals surface area contributed by atoms with E-state index in [1.54, 1.807) is 6.92 Å². The molecule has 0 spiro atoms. The van der Waals surface area contributed by atoms with Crippen LogP contribution in [0.4, 0.5) is 0 Å². The molecule has 0 rings (SSSR count). The van der Waals surface area contributed by atoms with Crippen LogP contribution in [0, 0.1) is 5.92 Å². The molecule has 0 aromatic rings. The van der Waals surface area contributed by atoms with Gasteiger partial charge in [0, 0.05) is 18.9 Å². The molecule has 0 heterocycles. The fraction of sp³-hybridized carbons (Fsp3) is 0.778. The van der Waals surface area contributed by atoms with Crippen molar-refractivity contribution in [2.45, 2.75) is 33.1 Å². The molecule has 1 N–H and O–H groups in total. The number of nitrogens with one attached hydrogen (secondary N) is 1. The third-order valence-corrected chi connectivity index (χ3v) is 1.62. The molecule has 1 amide bonds. The van der Waals surface area contributed by atoms with Crippen LogP contribution in [0.1, 0.15) is 33.1 Å². The van der Waals surface area contributed by atoms with Crippen molar-refractivity contribution in [2.24, 2.45) is 5.92 Å². The summed E-state index contributed by atoms with van der Waals surface area (Å²) in [5.74, 6) is -1.34. The Bertz CT molecular complexity index is 180. The minimum absolute atomic E-state index is 0.0560. The van der Waals surface area contributed by atoms with Gasteiger partial charge in [-0.15, -0.1) is 0 Å². The summed E-state index contributed by atoms with van der Waals surface area (Å²) in [4.78, 5) is 21.2. The molecule has 4 heteroatoms. The predicted octanol–water partition coefficient (Wildman–Crippen LogP) is -0.321. The van der Waals surface area contributed by atoms with Crippen LogP contribution in [-0.4, -0.2) is 18.4 Å². The van der Waals surface area contributed by atoms with Gasteiger partial charge in [-0.1, -0.05) is 13.8 Å². The molecule has 0 unspecified atom stereocenters. The van der Waals surface area contributed by atoms with Crippen LogP contribution >= 0.6 is 0 Å². The van der Waals surface area contributed by atoms with Gasteiger partial charge >= 0.3 is 0 Å². The van der Waals surface area contributed by atoms with Gasteiger partial charge in [0.05, 0.1) is 0 Å². The maximum atomic E-state index is 11.1. The first kappa shape index (κ1) is 11.9. The monoisotopic (exact) mass is 186 g/mol. The number of carboxylic acid groups (broad SMARTS) is 1. The maximum Gasteiger partial charge on any atom is 0.220 e. The van der Waals surface area contributed by atoms with Gasteiger partial charge in [0.1, 0.15) is 0 Å². The lowest BCUT2D eigenvalue weighted by Crippen LogP contribution is -2.29. The molecule has 0 radical (unpaired) electrons. The van der Waals surface area contributed by atoms with Crippen molar-refractivity contribution in [1.82, 2.24) is 5.32 Å². The molecule has 76 valence electrons. The van der Waals surface area contributed by atoms with Gasteiger partial charge in [-0.3, -0.25) is 4.79 Å². The molecule has 0 saturated heterocycles. The van der Waals surface area contributed by atoms with Crippen LogP contribution in [0.15, 0.2) is 0 Å². The zero-order valence-electron chi connectivity index (χ0n) is 8.13. The SMILES string of the molecule is CCCNC(=O)C[C@@H](C)CC(=O)[O-]. The normalized spacial score (nSPS) is 12.2. The van der Waals surface area contributed by atoms with E-state index >= 15 is 0 Å². The van der Waals surface area contributed by atoms with Gasteiger partial charge in [-0.25, -0.2) is 0 Å². The second-order valence-electron chi connectivity index (χ2n) is 3.24. The molecular weight excluding hydrogens is 170 g/mol. The van der Waals surface area contributed by atoms with E-state index in [4.69, 9.17) is 0 Å². The molecule has 0 saturated carbocycles. The van der Waals surface area contributed by atoms with Crippen molar-refractivity contribution in [3.8, 4) is 0 Å². The Morgan fingerprint density at radius 1 is 1.38 bits per heavy atom. The lowest BCUT2D eigenvalue weighted by atomic mass is 10.0.